The molecule has 1 heterocycles. The van der Waals surface area contributed by atoms with E-state index in [-0.39, 0.29) is 96.6 Å². The number of aliphatic hydroxyl groups is 2. The minimum Gasteiger partial charge on any atom is -0.465 e. The first-order valence-electron chi connectivity index (χ1n) is 30.0. The predicted molar refractivity (Wildman–Crippen MR) is 323 cm³/mol. The molecule has 88 heavy (non-hydrogen) atoms. The normalized spacial score (nSPS) is 22.3. The van der Waals surface area contributed by atoms with Gasteiger partial charge in [0.2, 0.25) is 65.0 Å². The monoisotopic (exact) mass is 1250 g/mol. The average Bonchev–Trinajstić information content (AvgIpc) is 3.65. The van der Waals surface area contributed by atoms with Gasteiger partial charge in [-0.3, -0.25) is 57.5 Å². The lowest BCUT2D eigenvalue weighted by Gasteiger charge is -2.29. The van der Waals surface area contributed by atoms with Crippen LogP contribution in [0.25, 0.3) is 0 Å². The van der Waals surface area contributed by atoms with Gasteiger partial charge in [-0.05, 0) is 123 Å². The van der Waals surface area contributed by atoms with Crippen molar-refractivity contribution in [2.75, 3.05) is 45.9 Å². The molecular weight excluding hydrogens is 1150 g/mol. The molecule has 31 heteroatoms. The number of carbonyl (C=O) groups excluding carboxylic acids is 12. The summed E-state index contributed by atoms with van der Waals surface area (Å²) in [6, 6.07) is -6.69. The van der Waals surface area contributed by atoms with Crippen LogP contribution in [0, 0.1) is 11.3 Å². The van der Waals surface area contributed by atoms with Crippen LogP contribution in [-0.4, -0.2) is 200 Å². The van der Waals surface area contributed by atoms with Crippen molar-refractivity contribution in [3.63, 3.8) is 0 Å². The largest absolute Gasteiger partial charge is 0.465 e. The van der Waals surface area contributed by atoms with Crippen LogP contribution in [0.2, 0.25) is 0 Å². The molecule has 31 nitrogen and oxygen atoms in total. The molecule has 1 aromatic carbocycles. The Balaban J connectivity index is 2.65. The fourth-order valence-corrected chi connectivity index (χ4v) is 9.30. The maximum Gasteiger partial charge on any atom is 0.311 e. The quantitative estimate of drug-likeness (QED) is 0.0332. The summed E-state index contributed by atoms with van der Waals surface area (Å²) in [5, 5.41) is 49.3. The standard InChI is InChI=1S/C57H98N16O15/c1-8-21-57(6,7)56(87)88-28-20-43(76)64-35(14-22-58)50(81)73-45(33(5)75)55(86)69-38(17-25-61)47(78)68-40-19-27-63-54(85)44(32(4)74)72-51(82)39(18-26-62)66-46(77)36(15-23-59)67-52(83)41(29-31(2)3)70-53(84)42(30-34-12-10-9-11-13-34)71-48(79)37(16-24-60)65-49(40)80/h9-13,31-33,35-42,44-45,74-75H,8,14-30,58-62H2,1-7H3,(H,63,85)(H,64,76)(H,65,80)(H,66,77)(H,67,83)(H,68,78)(H,69,86)(H,70,84)(H,71,79)(H,72,82)(H,73,81)/t32?,33?,35-,36-,37-,38-,39-,40-,41-,42+,44-,45-/m0/s1. The summed E-state index contributed by atoms with van der Waals surface area (Å²) < 4.78 is 5.29. The van der Waals surface area contributed by atoms with Gasteiger partial charge in [0, 0.05) is 13.0 Å². The van der Waals surface area contributed by atoms with Gasteiger partial charge in [-0.2, -0.15) is 0 Å². The number of carbonyl (C=O) groups is 12. The number of benzene rings is 1. The zero-order chi connectivity index (χ0) is 66.3. The van der Waals surface area contributed by atoms with E-state index in [2.05, 4.69) is 58.5 Å². The highest BCUT2D eigenvalue weighted by Crippen LogP contribution is 2.24. The molecule has 11 amide bonds. The molecule has 1 aromatic rings. The third-order valence-corrected chi connectivity index (χ3v) is 14.2. The average molecular weight is 1250 g/mol. The zero-order valence-electron chi connectivity index (χ0n) is 51.7. The lowest BCUT2D eigenvalue weighted by molar-refractivity contribution is -0.155. The predicted octanol–water partition coefficient (Wildman–Crippen LogP) is -6.09. The molecule has 2 unspecified atom stereocenters. The molecule has 1 aliphatic rings. The van der Waals surface area contributed by atoms with Crippen molar-refractivity contribution in [2.24, 2.45) is 40.0 Å². The first kappa shape index (κ1) is 76.7. The van der Waals surface area contributed by atoms with Crippen LogP contribution in [-0.2, 0) is 68.7 Å². The Kier molecular flexibility index (Phi) is 34.4. The van der Waals surface area contributed by atoms with Crippen LogP contribution in [0.15, 0.2) is 30.3 Å². The lowest BCUT2D eigenvalue weighted by atomic mass is 9.88. The molecule has 0 aliphatic carbocycles. The first-order chi connectivity index (χ1) is 41.6. The maximum atomic E-state index is 14.6. The zero-order valence-corrected chi connectivity index (χ0v) is 51.7. The number of esters is 1. The third kappa shape index (κ3) is 26.5. The van der Waals surface area contributed by atoms with Gasteiger partial charge in [0.15, 0.2) is 0 Å². The van der Waals surface area contributed by atoms with Crippen LogP contribution < -0.4 is 87.2 Å². The summed E-state index contributed by atoms with van der Waals surface area (Å²) in [5.74, 6) is -11.1. The molecule has 1 fully saturated rings. The number of nitrogens with one attached hydrogen (secondary N) is 11. The Morgan fingerprint density at radius 2 is 1.10 bits per heavy atom. The SMILES string of the molecule is CCCC(C)(C)C(=O)OCCC(=O)N[C@@H](CCN)C(=O)N[C@H](C(=O)N[C@@H](CCN)C(=O)N[C@H]1CCNC(=O)[C@H](C(C)O)NC(=O)[C@H](CCN)NC(=O)[C@H](CCN)NC(=O)[C@H](CC(C)C)NC(=O)[C@@H](Cc2ccccc2)NC(=O)[C@H](CCN)NC1=O)C(C)O. The van der Waals surface area contributed by atoms with E-state index in [1.807, 2.05) is 6.92 Å². The Hall–Kier alpha value is -7.42. The van der Waals surface area contributed by atoms with Gasteiger partial charge in [-0.1, -0.05) is 57.5 Å². The Morgan fingerprint density at radius 1 is 0.614 bits per heavy atom. The van der Waals surface area contributed by atoms with E-state index in [1.54, 1.807) is 58.0 Å². The molecule has 23 N–H and O–H groups in total. The van der Waals surface area contributed by atoms with Gasteiger partial charge in [0.05, 0.1) is 24.0 Å². The number of ether oxygens (including phenoxy) is 1. The molecule has 0 bridgehead atoms. The topological polar surface area (TPSA) is 517 Å². The van der Waals surface area contributed by atoms with Crippen molar-refractivity contribution in [3.8, 4) is 0 Å². The van der Waals surface area contributed by atoms with Crippen molar-refractivity contribution in [2.45, 2.75) is 192 Å². The summed E-state index contributed by atoms with van der Waals surface area (Å²) in [7, 11) is 0. The van der Waals surface area contributed by atoms with E-state index in [4.69, 9.17) is 33.4 Å². The van der Waals surface area contributed by atoms with Crippen LogP contribution in [0.3, 0.4) is 0 Å². The Bertz CT molecular complexity index is 2470. The molecule has 0 spiro atoms. The molecule has 0 aromatic heterocycles. The smallest absolute Gasteiger partial charge is 0.311 e. The van der Waals surface area contributed by atoms with Gasteiger partial charge in [-0.25, -0.2) is 0 Å². The van der Waals surface area contributed by atoms with Gasteiger partial charge in [0.25, 0.3) is 0 Å². The number of hydrogen-bond donors (Lipinski definition) is 18. The van der Waals surface area contributed by atoms with Crippen LogP contribution >= 0.6 is 0 Å². The first-order valence-corrected chi connectivity index (χ1v) is 30.0. The number of aliphatic hydroxyl groups excluding tert-OH is 2. The van der Waals surface area contributed by atoms with Gasteiger partial charge in [-0.15, -0.1) is 0 Å². The van der Waals surface area contributed by atoms with Crippen LogP contribution in [0.5, 0.6) is 0 Å². The number of amides is 11. The molecular formula is C57H98N16O15. The second-order valence-corrected chi connectivity index (χ2v) is 22.8. The van der Waals surface area contributed by atoms with Crippen molar-refractivity contribution in [1.82, 2.24) is 58.5 Å². The van der Waals surface area contributed by atoms with E-state index in [0.29, 0.717) is 12.0 Å². The number of hydrogen-bond acceptors (Lipinski definition) is 20. The Labute approximate surface area is 513 Å². The van der Waals surface area contributed by atoms with Gasteiger partial charge < -0.3 is 102 Å². The highest BCUT2D eigenvalue weighted by Gasteiger charge is 2.38. The van der Waals surface area contributed by atoms with E-state index in [9.17, 15) is 67.7 Å². The maximum absolute atomic E-state index is 14.6. The van der Waals surface area contributed by atoms with E-state index < -0.39 is 162 Å². The molecule has 0 radical (unpaired) electrons. The summed E-state index contributed by atoms with van der Waals surface area (Å²) in [5.41, 5.74) is 29.1. The van der Waals surface area contributed by atoms with Crippen LogP contribution in [0.4, 0.5) is 0 Å². The van der Waals surface area contributed by atoms with E-state index in [0.717, 1.165) is 13.3 Å². The van der Waals surface area contributed by atoms with Gasteiger partial charge >= 0.3 is 5.97 Å². The lowest BCUT2D eigenvalue weighted by Crippen LogP contribution is -2.62. The van der Waals surface area contributed by atoms with Crippen molar-refractivity contribution in [3.05, 3.63) is 35.9 Å². The highest BCUT2D eigenvalue weighted by atomic mass is 16.5. The molecule has 496 valence electrons. The van der Waals surface area contributed by atoms with E-state index in [1.165, 1.54) is 6.92 Å². The molecule has 1 saturated heterocycles. The fourth-order valence-electron chi connectivity index (χ4n) is 9.30. The second-order valence-electron chi connectivity index (χ2n) is 22.8. The van der Waals surface area contributed by atoms with Gasteiger partial charge in [0.1, 0.15) is 67.0 Å². The summed E-state index contributed by atoms with van der Waals surface area (Å²) >= 11 is 0. The van der Waals surface area contributed by atoms with Crippen molar-refractivity contribution >= 4 is 70.9 Å². The van der Waals surface area contributed by atoms with Crippen molar-refractivity contribution < 1.29 is 72.5 Å². The van der Waals surface area contributed by atoms with Crippen LogP contribution in [0.1, 0.15) is 118 Å². The molecule has 1 aliphatic heterocycles. The number of rotatable bonds is 29. The Morgan fingerprint density at radius 3 is 1.60 bits per heavy atom. The minimum atomic E-state index is -1.78. The third-order valence-electron chi connectivity index (χ3n) is 14.2. The highest BCUT2D eigenvalue weighted by molar-refractivity contribution is 5.99. The fraction of sp³-hybridized carbons (Fsp3) is 0.684. The summed E-state index contributed by atoms with van der Waals surface area (Å²) in [6.45, 7) is 9.59. The summed E-state index contributed by atoms with van der Waals surface area (Å²) in [4.78, 5) is 167. The second kappa shape index (κ2) is 39.5. The molecule has 0 saturated carbocycles. The molecule has 2 rings (SSSR count). The van der Waals surface area contributed by atoms with Crippen molar-refractivity contribution in [1.29, 1.82) is 0 Å². The molecule has 12 atom stereocenters. The minimum absolute atomic E-state index is 0.0337. The number of nitrogens with two attached hydrogens (primary N) is 5. The summed E-state index contributed by atoms with van der Waals surface area (Å²) in [6.07, 6.45) is -3.88. The van der Waals surface area contributed by atoms with E-state index >= 15 is 0 Å².